The van der Waals surface area contributed by atoms with Crippen LogP contribution >= 0.6 is 40.7 Å². The predicted octanol–water partition coefficient (Wildman–Crippen LogP) is 6.47. The van der Waals surface area contributed by atoms with Crippen molar-refractivity contribution in [3.8, 4) is 68.5 Å². The highest BCUT2D eigenvalue weighted by Crippen LogP contribution is 2.43. The summed E-state index contributed by atoms with van der Waals surface area (Å²) in [5.41, 5.74) is 7.11. The Morgan fingerprint density at radius 2 is 1.12 bits per heavy atom. The Balaban J connectivity index is 0.000000172. The number of aromatic nitrogens is 2. The Hall–Kier alpha value is -4.92. The maximum absolute atomic E-state index is 10.4. The van der Waals surface area contributed by atoms with Gasteiger partial charge in [0.1, 0.15) is 6.61 Å². The van der Waals surface area contributed by atoms with E-state index in [1.807, 2.05) is 24.4 Å². The molecule has 0 aliphatic carbocycles. The smallest absolute Gasteiger partial charge is 0.231 e. The summed E-state index contributed by atoms with van der Waals surface area (Å²) in [5, 5.41) is 31.9. The number of hydrogen-bond donors (Lipinski definition) is 3. The van der Waals surface area contributed by atoms with Gasteiger partial charge in [0, 0.05) is 30.3 Å². The monoisotopic (exact) mass is 884 g/mol. The number of pyridine rings is 2. The highest BCUT2D eigenvalue weighted by molar-refractivity contribution is 9.09. The number of hydrogen-bond acceptors (Lipinski definition) is 10. The first-order valence-electron chi connectivity index (χ1n) is 18.0. The summed E-state index contributed by atoms with van der Waals surface area (Å²) in [5.74, 6) is 5.23. The lowest BCUT2D eigenvalue weighted by molar-refractivity contribution is -0.686. The van der Waals surface area contributed by atoms with Gasteiger partial charge < -0.3 is 48.5 Å². The van der Waals surface area contributed by atoms with Crippen molar-refractivity contribution in [2.75, 3.05) is 53.0 Å². The van der Waals surface area contributed by atoms with Gasteiger partial charge in [-0.05, 0) is 70.4 Å². The quantitative estimate of drug-likeness (QED) is 0.126. The van der Waals surface area contributed by atoms with Crippen molar-refractivity contribution in [3.05, 3.63) is 84.2 Å². The molecular formula is C42H43BrCl2N2O10+2. The fraction of sp³-hybridized carbons (Fsp3) is 0.286. The van der Waals surface area contributed by atoms with Crippen molar-refractivity contribution in [2.24, 2.45) is 0 Å². The molecule has 57 heavy (non-hydrogen) atoms. The Morgan fingerprint density at radius 3 is 1.61 bits per heavy atom. The van der Waals surface area contributed by atoms with Crippen LogP contribution in [0.15, 0.2) is 73.1 Å². The number of rotatable bonds is 6. The van der Waals surface area contributed by atoms with Crippen LogP contribution in [0.5, 0.6) is 46.0 Å². The van der Waals surface area contributed by atoms with Gasteiger partial charge in [-0.2, -0.15) is 9.13 Å². The summed E-state index contributed by atoms with van der Waals surface area (Å²) < 4.78 is 43.0. The molecule has 0 amide bonds. The minimum atomic E-state index is -0.0435. The molecule has 0 spiro atoms. The van der Waals surface area contributed by atoms with Crippen LogP contribution in [0.3, 0.4) is 0 Å². The number of methoxy groups -OCH3 is 2. The third kappa shape index (κ3) is 7.99. The summed E-state index contributed by atoms with van der Waals surface area (Å²) in [6.07, 6.45) is 5.94. The van der Waals surface area contributed by atoms with Gasteiger partial charge in [0.05, 0.1) is 49.3 Å². The maximum atomic E-state index is 10.4. The molecule has 3 N–H and O–H groups in total. The number of ether oxygens (including phenoxy) is 7. The largest absolute Gasteiger partial charge is 0.504 e. The van der Waals surface area contributed by atoms with Crippen LogP contribution < -0.4 is 42.3 Å². The number of fused-ring (bicyclic) bond motifs is 10. The van der Waals surface area contributed by atoms with E-state index in [0.29, 0.717) is 22.6 Å². The normalized spacial score (nSPS) is 13.2. The van der Waals surface area contributed by atoms with Gasteiger partial charge in [0.25, 0.3) is 0 Å². The number of aromatic hydroxyl groups is 1. The SMILES string of the molecule is COc1ccc2cc3[n+](cc2c1O)CCc1cc2c(cc1-3)OCO2.COc1ccc2cc3[n+](cc2c1OCCO)CCc1cc2c(cc1-3)OCO2.Cl.Cl.OCCBr. The molecule has 0 saturated heterocycles. The van der Waals surface area contributed by atoms with E-state index in [2.05, 4.69) is 67.7 Å². The van der Waals surface area contributed by atoms with Crippen LogP contribution in [-0.4, -0.2) is 68.3 Å². The molecule has 4 aromatic carbocycles. The molecule has 0 bridgehead atoms. The summed E-state index contributed by atoms with van der Waals surface area (Å²) in [7, 11) is 3.18. The van der Waals surface area contributed by atoms with Crippen molar-refractivity contribution in [1.29, 1.82) is 0 Å². The third-order valence-electron chi connectivity index (χ3n) is 10.0. The lowest BCUT2D eigenvalue weighted by Crippen LogP contribution is -2.40. The first kappa shape index (κ1) is 41.7. The fourth-order valence-electron chi connectivity index (χ4n) is 7.43. The number of aryl methyl sites for hydroxylation is 4. The lowest BCUT2D eigenvalue weighted by Gasteiger charge is -2.17. The van der Waals surface area contributed by atoms with E-state index in [-0.39, 0.29) is 64.0 Å². The molecule has 300 valence electrons. The van der Waals surface area contributed by atoms with E-state index >= 15 is 0 Å². The zero-order valence-electron chi connectivity index (χ0n) is 31.3. The predicted molar refractivity (Wildman–Crippen MR) is 222 cm³/mol. The van der Waals surface area contributed by atoms with Crippen molar-refractivity contribution in [2.45, 2.75) is 25.9 Å². The van der Waals surface area contributed by atoms with Gasteiger partial charge in [-0.25, -0.2) is 0 Å². The van der Waals surface area contributed by atoms with E-state index in [1.165, 1.54) is 16.7 Å². The second-order valence-electron chi connectivity index (χ2n) is 13.1. The number of halogens is 3. The molecule has 0 saturated carbocycles. The van der Waals surface area contributed by atoms with Crippen molar-refractivity contribution in [1.82, 2.24) is 0 Å². The van der Waals surface area contributed by atoms with E-state index < -0.39 is 0 Å². The van der Waals surface area contributed by atoms with Crippen LogP contribution in [0.25, 0.3) is 44.1 Å². The van der Waals surface area contributed by atoms with Crippen molar-refractivity contribution in [3.63, 3.8) is 0 Å². The van der Waals surface area contributed by atoms with Crippen molar-refractivity contribution >= 4 is 62.3 Å². The Bertz CT molecular complexity index is 2430. The molecular weight excluding hydrogens is 843 g/mol. The molecule has 12 nitrogen and oxygen atoms in total. The molecule has 4 aliphatic rings. The first-order valence-corrected chi connectivity index (χ1v) is 19.1. The number of phenols is 1. The standard InChI is InChI=1S/C21H20NO5.C19H15NO4.C2H5BrO.2ClH/c1-24-18-3-2-13-8-17-15-10-20-19(26-12-27-20)9-14(15)4-5-22(17)11-16(13)21(18)25-7-6-23;1-22-16-3-2-11-6-15-13-8-18-17(23-10-24-18)7-12(13)4-5-20(15)9-14(11)19(16)21;3-1-2-4;;/h2-3,8-11,23H,4-7,12H2,1H3;2-3,6-9H,4-5,10H2,1H3;4H,1-2H2;2*1H/q+1;;;;/p+1. The zero-order valence-corrected chi connectivity index (χ0v) is 34.5. The fourth-order valence-corrected chi connectivity index (χ4v) is 7.43. The van der Waals surface area contributed by atoms with E-state index in [4.69, 9.17) is 43.4 Å². The summed E-state index contributed by atoms with van der Waals surface area (Å²) >= 11 is 3.00. The number of alkyl halides is 1. The first-order chi connectivity index (χ1) is 26.9. The third-order valence-corrected chi connectivity index (χ3v) is 10.4. The van der Waals surface area contributed by atoms with Gasteiger partial charge >= 0.3 is 0 Å². The van der Waals surface area contributed by atoms with Crippen molar-refractivity contribution < 1.29 is 57.6 Å². The topological polar surface area (TPSA) is 133 Å². The number of phenolic OH excluding ortho intramolecular Hbond substituents is 1. The molecule has 4 aliphatic heterocycles. The number of aliphatic hydroxyl groups is 2. The van der Waals surface area contributed by atoms with E-state index in [1.54, 1.807) is 20.3 Å². The molecule has 10 rings (SSSR count). The second kappa shape index (κ2) is 18.1. The number of benzene rings is 4. The average Bonchev–Trinajstić information content (AvgIpc) is 3.89. The van der Waals surface area contributed by atoms with Crippen LogP contribution in [0.2, 0.25) is 0 Å². The molecule has 2 aromatic heterocycles. The van der Waals surface area contributed by atoms with E-state index in [0.717, 1.165) is 87.4 Å². The lowest BCUT2D eigenvalue weighted by atomic mass is 9.95. The van der Waals surface area contributed by atoms with Crippen LogP contribution in [0, 0.1) is 0 Å². The molecule has 0 unspecified atom stereocenters. The van der Waals surface area contributed by atoms with Crippen LogP contribution in [-0.2, 0) is 25.9 Å². The number of nitrogens with zero attached hydrogens (tertiary/aromatic N) is 2. The highest BCUT2D eigenvalue weighted by atomic mass is 79.9. The Kier molecular flexibility index (Phi) is 13.3. The minimum absolute atomic E-state index is 0. The summed E-state index contributed by atoms with van der Waals surface area (Å²) in [4.78, 5) is 0. The Labute approximate surface area is 350 Å². The molecule has 0 atom stereocenters. The van der Waals surface area contributed by atoms with E-state index in [9.17, 15) is 5.11 Å². The molecule has 15 heteroatoms. The molecule has 6 heterocycles. The summed E-state index contributed by atoms with van der Waals surface area (Å²) in [6, 6.07) is 20.3. The van der Waals surface area contributed by atoms with Crippen LogP contribution in [0.1, 0.15) is 11.1 Å². The van der Waals surface area contributed by atoms with Gasteiger partial charge in [-0.3, -0.25) is 0 Å². The summed E-state index contributed by atoms with van der Waals surface area (Å²) in [6.45, 7) is 2.70. The maximum Gasteiger partial charge on any atom is 0.231 e. The second-order valence-corrected chi connectivity index (χ2v) is 13.9. The average molecular weight is 887 g/mol. The van der Waals surface area contributed by atoms with Gasteiger partial charge in [-0.15, -0.1) is 24.8 Å². The van der Waals surface area contributed by atoms with Gasteiger partial charge in [-0.1, -0.05) is 15.9 Å². The molecule has 0 fully saturated rings. The minimum Gasteiger partial charge on any atom is -0.504 e. The van der Waals surface area contributed by atoms with Crippen LogP contribution in [0.4, 0.5) is 0 Å². The number of aliphatic hydroxyl groups excluding tert-OH is 2. The molecule has 6 aromatic rings. The highest BCUT2D eigenvalue weighted by Gasteiger charge is 2.30. The zero-order chi connectivity index (χ0) is 38.1. The van der Waals surface area contributed by atoms with Gasteiger partial charge in [0.2, 0.25) is 25.0 Å². The van der Waals surface area contributed by atoms with Gasteiger partial charge in [0.15, 0.2) is 71.5 Å². The molecule has 0 radical (unpaired) electrons. The Morgan fingerprint density at radius 1 is 0.649 bits per heavy atom.